The number of aryl methyl sites for hydroxylation is 1. The van der Waals surface area contributed by atoms with Gasteiger partial charge in [0, 0.05) is 11.4 Å². The molecule has 0 aromatic heterocycles. The van der Waals surface area contributed by atoms with E-state index in [9.17, 15) is 13.2 Å². The largest absolute Gasteiger partial charge is 0.325 e. The lowest BCUT2D eigenvalue weighted by atomic mass is 10.2. The van der Waals surface area contributed by atoms with Crippen molar-refractivity contribution in [2.45, 2.75) is 6.92 Å². The Morgan fingerprint density at radius 2 is 2.26 bits per heavy atom. The predicted molar refractivity (Wildman–Crippen MR) is 78.4 cm³/mol. The normalized spacial score (nSPS) is 15.1. The van der Waals surface area contributed by atoms with Gasteiger partial charge in [-0.3, -0.25) is 9.79 Å². The molecule has 1 amide bonds. The van der Waals surface area contributed by atoms with Crippen LogP contribution in [0.1, 0.15) is 5.56 Å². The van der Waals surface area contributed by atoms with Gasteiger partial charge in [-0.1, -0.05) is 23.9 Å². The summed E-state index contributed by atoms with van der Waals surface area (Å²) in [6.45, 7) is 2.40. The van der Waals surface area contributed by atoms with Crippen LogP contribution >= 0.6 is 11.8 Å². The van der Waals surface area contributed by atoms with Gasteiger partial charge in [-0.2, -0.15) is 0 Å². The molecule has 2 rings (SSSR count). The summed E-state index contributed by atoms with van der Waals surface area (Å²) >= 11 is 1.18. The molecular weight excluding hydrogens is 284 g/mol. The number of amides is 1. The number of aliphatic imine (C=N–C) groups is 1. The Labute approximate surface area is 116 Å². The number of rotatable bonds is 3. The Bertz CT molecular complexity index is 624. The monoisotopic (exact) mass is 298 g/mol. The predicted octanol–water partition coefficient (Wildman–Crippen LogP) is 1.45. The summed E-state index contributed by atoms with van der Waals surface area (Å²) in [6, 6.07) is 7.21. The van der Waals surface area contributed by atoms with Gasteiger partial charge in [0.2, 0.25) is 15.7 Å². The van der Waals surface area contributed by atoms with Gasteiger partial charge in [-0.05, 0) is 24.6 Å². The molecule has 0 saturated heterocycles. The van der Waals surface area contributed by atoms with Crippen LogP contribution in [0.25, 0.3) is 0 Å². The van der Waals surface area contributed by atoms with E-state index in [4.69, 9.17) is 0 Å². The van der Waals surface area contributed by atoms with Gasteiger partial charge >= 0.3 is 0 Å². The Balaban J connectivity index is 2.02. The lowest BCUT2D eigenvalue weighted by molar-refractivity contribution is -0.113. The quantitative estimate of drug-likeness (QED) is 0.916. The molecule has 7 heteroatoms. The van der Waals surface area contributed by atoms with Crippen LogP contribution in [-0.4, -0.2) is 36.8 Å². The van der Waals surface area contributed by atoms with Crippen LogP contribution in [0.2, 0.25) is 0 Å². The fourth-order valence-corrected chi connectivity index (χ4v) is 4.17. The van der Waals surface area contributed by atoms with Crippen molar-refractivity contribution in [3.8, 4) is 0 Å². The highest BCUT2D eigenvalue weighted by Gasteiger charge is 2.26. The molecule has 1 aromatic rings. The second kappa shape index (κ2) is 5.75. The van der Waals surface area contributed by atoms with Crippen LogP contribution in [0.4, 0.5) is 5.69 Å². The standard InChI is InChI=1S/C12H14N2O3S2/c1-9-3-2-4-10(7-9)14-11(15)8-19(16,17)12-13-5-6-18-12/h2-4,7H,5-6,8H2,1H3,(H,14,15). The molecule has 1 aliphatic heterocycles. The average Bonchev–Trinajstić information content (AvgIpc) is 2.81. The number of nitrogens with one attached hydrogen (secondary N) is 1. The number of carbonyl (C=O) groups is 1. The molecule has 1 heterocycles. The van der Waals surface area contributed by atoms with Crippen molar-refractivity contribution >= 4 is 37.6 Å². The van der Waals surface area contributed by atoms with E-state index in [2.05, 4.69) is 10.3 Å². The Kier molecular flexibility index (Phi) is 4.26. The summed E-state index contributed by atoms with van der Waals surface area (Å²) in [7, 11) is -3.59. The first-order valence-electron chi connectivity index (χ1n) is 5.74. The number of anilines is 1. The minimum absolute atomic E-state index is 0.0758. The molecule has 0 unspecified atom stereocenters. The fraction of sp³-hybridized carbons (Fsp3) is 0.333. The molecule has 0 fully saturated rings. The second-order valence-corrected chi connectivity index (χ2v) is 7.42. The summed E-state index contributed by atoms with van der Waals surface area (Å²) in [5.41, 5.74) is 1.59. The van der Waals surface area contributed by atoms with Gasteiger partial charge in [-0.25, -0.2) is 8.42 Å². The maximum absolute atomic E-state index is 11.9. The molecule has 1 N–H and O–H groups in total. The van der Waals surface area contributed by atoms with Gasteiger partial charge in [0.15, 0.2) is 4.38 Å². The molecule has 1 aliphatic rings. The molecule has 0 aliphatic carbocycles. The lowest BCUT2D eigenvalue weighted by Gasteiger charge is -2.06. The zero-order chi connectivity index (χ0) is 13.9. The topological polar surface area (TPSA) is 75.6 Å². The zero-order valence-electron chi connectivity index (χ0n) is 10.4. The highest BCUT2D eigenvalue weighted by molar-refractivity contribution is 8.35. The van der Waals surface area contributed by atoms with Crippen LogP contribution in [0.15, 0.2) is 29.3 Å². The molecule has 102 valence electrons. The molecule has 1 aromatic carbocycles. The second-order valence-electron chi connectivity index (χ2n) is 4.17. The van der Waals surface area contributed by atoms with Crippen LogP contribution in [-0.2, 0) is 14.6 Å². The maximum atomic E-state index is 11.9. The molecular formula is C12H14N2O3S2. The van der Waals surface area contributed by atoms with E-state index in [0.717, 1.165) is 5.56 Å². The summed E-state index contributed by atoms with van der Waals surface area (Å²) < 4.78 is 23.9. The zero-order valence-corrected chi connectivity index (χ0v) is 12.1. The van der Waals surface area contributed by atoms with E-state index < -0.39 is 21.5 Å². The highest BCUT2D eigenvalue weighted by Crippen LogP contribution is 2.18. The van der Waals surface area contributed by atoms with E-state index in [1.54, 1.807) is 18.2 Å². The first-order chi connectivity index (χ1) is 8.97. The number of hydrogen-bond donors (Lipinski definition) is 1. The number of nitrogens with zero attached hydrogens (tertiary/aromatic N) is 1. The van der Waals surface area contributed by atoms with Gasteiger partial charge in [0.1, 0.15) is 5.75 Å². The fourth-order valence-electron chi connectivity index (χ4n) is 1.66. The minimum Gasteiger partial charge on any atom is -0.325 e. The highest BCUT2D eigenvalue weighted by atomic mass is 32.3. The van der Waals surface area contributed by atoms with Crippen LogP contribution in [0, 0.1) is 6.92 Å². The smallest absolute Gasteiger partial charge is 0.240 e. The van der Waals surface area contributed by atoms with Gasteiger partial charge in [0.25, 0.3) is 0 Å². The van der Waals surface area contributed by atoms with E-state index in [0.29, 0.717) is 18.0 Å². The minimum atomic E-state index is -3.59. The first kappa shape index (κ1) is 14.1. The molecule has 0 spiro atoms. The first-order valence-corrected chi connectivity index (χ1v) is 8.38. The molecule has 0 radical (unpaired) electrons. The van der Waals surface area contributed by atoms with Crippen LogP contribution < -0.4 is 5.32 Å². The molecule has 5 nitrogen and oxygen atoms in total. The third-order valence-corrected chi connectivity index (χ3v) is 5.63. The molecule has 0 saturated carbocycles. The SMILES string of the molecule is Cc1cccc(NC(=O)CS(=O)(=O)C2=NCCS2)c1. The molecule has 0 atom stereocenters. The van der Waals surface area contributed by atoms with Crippen molar-refractivity contribution in [1.29, 1.82) is 0 Å². The Hall–Kier alpha value is -1.34. The van der Waals surface area contributed by atoms with Gasteiger partial charge < -0.3 is 5.32 Å². The number of thioether (sulfide) groups is 1. The van der Waals surface area contributed by atoms with Crippen molar-refractivity contribution in [3.05, 3.63) is 29.8 Å². The number of hydrogen-bond acceptors (Lipinski definition) is 5. The maximum Gasteiger partial charge on any atom is 0.240 e. The number of carbonyl (C=O) groups excluding carboxylic acids is 1. The average molecular weight is 298 g/mol. The van der Waals surface area contributed by atoms with Crippen molar-refractivity contribution in [1.82, 2.24) is 0 Å². The number of sulfone groups is 1. The number of benzene rings is 1. The third-order valence-electron chi connectivity index (χ3n) is 2.45. The summed E-state index contributed by atoms with van der Waals surface area (Å²) in [4.78, 5) is 15.6. The van der Waals surface area contributed by atoms with Crippen molar-refractivity contribution in [2.24, 2.45) is 4.99 Å². The van der Waals surface area contributed by atoms with Crippen molar-refractivity contribution < 1.29 is 13.2 Å². The third kappa shape index (κ3) is 3.81. The lowest BCUT2D eigenvalue weighted by Crippen LogP contribution is -2.26. The van der Waals surface area contributed by atoms with Gasteiger partial charge in [-0.15, -0.1) is 0 Å². The summed E-state index contributed by atoms with van der Waals surface area (Å²) in [5.74, 6) is -0.443. The summed E-state index contributed by atoms with van der Waals surface area (Å²) in [5, 5.41) is 2.58. The summed E-state index contributed by atoms with van der Waals surface area (Å²) in [6.07, 6.45) is 0. The van der Waals surface area contributed by atoms with Gasteiger partial charge in [0.05, 0.1) is 6.54 Å². The van der Waals surface area contributed by atoms with E-state index >= 15 is 0 Å². The Morgan fingerprint density at radius 1 is 1.47 bits per heavy atom. The molecule has 19 heavy (non-hydrogen) atoms. The van der Waals surface area contributed by atoms with Crippen LogP contribution in [0.3, 0.4) is 0 Å². The van der Waals surface area contributed by atoms with Crippen molar-refractivity contribution in [2.75, 3.05) is 23.4 Å². The molecule has 0 bridgehead atoms. The van der Waals surface area contributed by atoms with Crippen molar-refractivity contribution in [3.63, 3.8) is 0 Å². The van der Waals surface area contributed by atoms with E-state index in [1.165, 1.54) is 11.8 Å². The van der Waals surface area contributed by atoms with E-state index in [-0.39, 0.29) is 4.38 Å². The Morgan fingerprint density at radius 3 is 2.89 bits per heavy atom. The van der Waals surface area contributed by atoms with E-state index in [1.807, 2.05) is 13.0 Å². The van der Waals surface area contributed by atoms with Crippen LogP contribution in [0.5, 0.6) is 0 Å².